The van der Waals surface area contributed by atoms with Crippen molar-refractivity contribution in [1.82, 2.24) is 53.2 Å². The van der Waals surface area contributed by atoms with Crippen molar-refractivity contribution in [1.29, 1.82) is 0 Å². The maximum Gasteiger partial charge on any atom is 0.243 e. The van der Waals surface area contributed by atoms with E-state index < -0.39 is 102 Å². The molecule has 1 aliphatic heterocycles. The molecule has 0 aromatic rings. The molecule has 0 aromatic heterocycles. The second kappa shape index (κ2) is 54.4. The predicted octanol–water partition coefficient (Wildman–Crippen LogP) is -5.88. The van der Waals surface area contributed by atoms with Gasteiger partial charge in [0.05, 0.1) is 23.7 Å². The van der Waals surface area contributed by atoms with Crippen LogP contribution in [-0.4, -0.2) is 215 Å². The van der Waals surface area contributed by atoms with Gasteiger partial charge in [-0.1, -0.05) is 34.8 Å². The van der Waals surface area contributed by atoms with Crippen molar-refractivity contribution < 1.29 is 52.7 Å². The van der Waals surface area contributed by atoms with Gasteiger partial charge in [-0.3, -0.25) is 72.7 Å². The number of rotatable bonds is 58. The molecule has 8 unspecified atom stereocenters. The van der Waals surface area contributed by atoms with Crippen LogP contribution in [0.5, 0.6) is 0 Å². The van der Waals surface area contributed by atoms with Crippen LogP contribution >= 0.6 is 27.7 Å². The largest absolute Gasteiger partial charge is 0.386 e. The van der Waals surface area contributed by atoms with Crippen LogP contribution in [0.25, 0.3) is 0 Å². The molecule has 0 aromatic carbocycles. The lowest BCUT2D eigenvalue weighted by Gasteiger charge is -2.27. The first-order valence-corrected chi connectivity index (χ1v) is 37.5. The smallest absolute Gasteiger partial charge is 0.243 e. The zero-order valence-electron chi connectivity index (χ0n) is 60.6. The molecule has 0 spiro atoms. The summed E-state index contributed by atoms with van der Waals surface area (Å²) in [6.07, 6.45) is 11.6. The van der Waals surface area contributed by atoms with Gasteiger partial charge in [0.1, 0.15) is 48.1 Å². The first kappa shape index (κ1) is 92.9. The number of guanidine groups is 4. The Morgan fingerprint density at radius 1 is 0.443 bits per heavy atom. The minimum absolute atomic E-state index is 0.00223. The molecule has 0 bridgehead atoms. The maximum atomic E-state index is 14.5. The first-order chi connectivity index (χ1) is 50.6. The van der Waals surface area contributed by atoms with E-state index in [0.29, 0.717) is 87.4 Å². The van der Waals surface area contributed by atoms with Crippen molar-refractivity contribution in [2.75, 3.05) is 72.0 Å². The molecular weight excluding hydrogens is 1460 g/mol. The number of halogens is 1. The number of amides is 10. The summed E-state index contributed by atoms with van der Waals surface area (Å²) in [7, 11) is 0. The highest BCUT2D eigenvalue weighted by Gasteiger charge is 2.35. The number of amidine groups is 1. The quantitative estimate of drug-likeness (QED) is 0.0117. The van der Waals surface area contributed by atoms with E-state index in [4.69, 9.17) is 74.5 Å². The highest BCUT2D eigenvalue weighted by atomic mass is 79.9. The van der Waals surface area contributed by atoms with Crippen LogP contribution in [0.1, 0.15) is 154 Å². The molecule has 106 heavy (non-hydrogen) atoms. The Bertz CT molecular complexity index is 3100. The number of hydrogen-bond donors (Lipinski definition) is 23. The summed E-state index contributed by atoms with van der Waals surface area (Å²) >= 11 is 4.99. The number of primary amides is 1. The summed E-state index contributed by atoms with van der Waals surface area (Å²) in [6, 6.07) is -8.57. The van der Waals surface area contributed by atoms with Gasteiger partial charge in [0.15, 0.2) is 30.1 Å². The van der Waals surface area contributed by atoms with Crippen LogP contribution in [0, 0.1) is 0 Å². The number of unbranched alkanes of at least 4 members (excludes halogenated alkanes) is 5. The second-order valence-electron chi connectivity index (χ2n) is 25.2. The van der Waals surface area contributed by atoms with Crippen LogP contribution in [0.3, 0.4) is 0 Å². The van der Waals surface area contributed by atoms with E-state index in [-0.39, 0.29) is 171 Å². The number of carbonyl (C=O) groups excluding carboxylic acids is 11. The fraction of sp³-hybridized carbons (Fsp3) is 0.662. The van der Waals surface area contributed by atoms with Crippen LogP contribution in [0.4, 0.5) is 0 Å². The highest BCUT2D eigenvalue weighted by Crippen LogP contribution is 2.46. The molecule has 8 atom stereocenters. The Morgan fingerprint density at radius 3 is 1.25 bits per heavy atom. The Labute approximate surface area is 631 Å². The number of aldehydes is 1. The van der Waals surface area contributed by atoms with Crippen molar-refractivity contribution in [3.63, 3.8) is 0 Å². The standard InChI is InChI=1S/C65H117BrN28O11S/c66-39-24-25-48-40(35-39)54(49(38-95)106-48)94-50(70)36-80-29-7-1-3-22-51(96)88-42(18-11-31-82-62(72)73)56(100)81-30-8-2-4-23-52(97)89-44(19-12-32-83-63(74)75)58(102)92-47(21-14-34-85-65(78)79)61(105)91-45(17-10-28-69)59(103)93-46(20-13-33-84-64(76)77)60(104)90-43(16-9-27-68)57(101)86-37-53(98)87-41(55(71)99)15-5-6-26-67/h24,35,38,41-48,80H,1-23,25-34,36-37,67-69H2,(H2,70,94)(H2,71,99)(H,81,100)(H,86,101)(H,87,98)(H,88,96)(H,89,97)(H,90,104)(H,91,105)(H,92,102)(H,93,103)(H4,72,73,82)(H4,74,75,83)(H4,76,77,84)(H4,78,79,85). The van der Waals surface area contributed by atoms with Gasteiger partial charge >= 0.3 is 0 Å². The summed E-state index contributed by atoms with van der Waals surface area (Å²) in [5.41, 5.74) is 74.9. The van der Waals surface area contributed by atoms with Gasteiger partial charge in [-0.2, -0.15) is 0 Å². The van der Waals surface area contributed by atoms with Crippen molar-refractivity contribution in [2.24, 2.45) is 99.5 Å². The average molecular weight is 1580 g/mol. The zero-order chi connectivity index (χ0) is 78.8. The zero-order valence-corrected chi connectivity index (χ0v) is 63.0. The third-order valence-corrected chi connectivity index (χ3v) is 18.1. The molecule has 0 saturated heterocycles. The number of nitrogens with zero attached hydrogens (tertiary/aromatic N) is 5. The molecule has 0 saturated carbocycles. The highest BCUT2D eigenvalue weighted by molar-refractivity contribution is 9.11. The minimum atomic E-state index is -1.38. The Morgan fingerprint density at radius 2 is 0.830 bits per heavy atom. The number of thioether (sulfide) groups is 1. The van der Waals surface area contributed by atoms with Crippen LogP contribution in [0.15, 0.2) is 57.8 Å². The number of hydrogen-bond acceptors (Lipinski definition) is 21. The molecule has 36 N–H and O–H groups in total. The molecule has 0 fully saturated rings. The van der Waals surface area contributed by atoms with E-state index in [1.165, 1.54) is 11.8 Å². The van der Waals surface area contributed by atoms with Gasteiger partial charge < -0.3 is 128 Å². The fourth-order valence-corrected chi connectivity index (χ4v) is 12.3. The third kappa shape index (κ3) is 40.9. The lowest BCUT2D eigenvalue weighted by Crippen LogP contribution is -2.59. The van der Waals surface area contributed by atoms with E-state index in [1.807, 2.05) is 6.08 Å². The molecule has 1 heterocycles. The van der Waals surface area contributed by atoms with Gasteiger partial charge in [-0.05, 0) is 166 Å². The van der Waals surface area contributed by atoms with Crippen molar-refractivity contribution >= 4 is 123 Å². The fourth-order valence-electron chi connectivity index (χ4n) is 10.8. The number of nitrogens with two attached hydrogens (primary N) is 13. The van der Waals surface area contributed by atoms with Crippen LogP contribution < -0.4 is 128 Å². The number of allylic oxidation sites excluding steroid dienone is 5. The molecule has 39 nitrogen and oxygen atoms in total. The summed E-state index contributed by atoms with van der Waals surface area (Å²) in [5.74, 6) is -7.31. The number of nitrogens with one attached hydrogen (secondary N) is 10. The van der Waals surface area contributed by atoms with E-state index in [9.17, 15) is 52.7 Å². The lowest BCUT2D eigenvalue weighted by molar-refractivity contribution is -0.135. The van der Waals surface area contributed by atoms with Gasteiger partial charge in [0, 0.05) is 55.3 Å². The van der Waals surface area contributed by atoms with Crippen LogP contribution in [0.2, 0.25) is 0 Å². The van der Waals surface area contributed by atoms with Gasteiger partial charge in [0.25, 0.3) is 0 Å². The number of aliphatic imine (C=N–C) groups is 5. The van der Waals surface area contributed by atoms with Gasteiger partial charge in [0.2, 0.25) is 59.1 Å². The Balaban J connectivity index is 2.18. The van der Waals surface area contributed by atoms with E-state index >= 15 is 0 Å². The first-order valence-electron chi connectivity index (χ1n) is 35.9. The maximum absolute atomic E-state index is 14.5. The minimum Gasteiger partial charge on any atom is -0.386 e. The lowest BCUT2D eigenvalue weighted by atomic mass is 10.0. The molecule has 10 amide bonds. The molecule has 41 heteroatoms. The molecule has 0 radical (unpaired) electrons. The number of carbonyl (C=O) groups is 11. The van der Waals surface area contributed by atoms with Gasteiger partial charge in [-0.25, -0.2) is 4.99 Å². The normalized spacial score (nSPS) is 15.1. The third-order valence-electron chi connectivity index (χ3n) is 16.3. The Hall–Kier alpha value is -9.19. The van der Waals surface area contributed by atoms with E-state index in [1.54, 1.807) is 0 Å². The Kier molecular flexibility index (Phi) is 47.7. The van der Waals surface area contributed by atoms with Crippen LogP contribution in [-0.2, 0) is 52.7 Å². The van der Waals surface area contributed by atoms with Crippen molar-refractivity contribution in [2.45, 2.75) is 202 Å². The molecule has 1 aliphatic carbocycles. The molecular formula is C65H117BrN28O11S. The van der Waals surface area contributed by atoms with Crippen molar-refractivity contribution in [3.8, 4) is 0 Å². The summed E-state index contributed by atoms with van der Waals surface area (Å²) in [6.45, 7) is 1.43. The second-order valence-corrected chi connectivity index (χ2v) is 27.4. The summed E-state index contributed by atoms with van der Waals surface area (Å²) in [4.78, 5) is 169. The molecule has 596 valence electrons. The predicted molar refractivity (Wildman–Crippen MR) is 413 cm³/mol. The topological polar surface area (TPSA) is 708 Å². The van der Waals surface area contributed by atoms with E-state index in [2.05, 4.69) is 100 Å². The van der Waals surface area contributed by atoms with Crippen molar-refractivity contribution in [3.05, 3.63) is 32.8 Å². The number of fused-ring (bicyclic) bond motifs is 1. The molecule has 2 rings (SSSR count). The monoisotopic (exact) mass is 1580 g/mol. The molecule has 2 aliphatic rings. The SMILES string of the molecule is NCCCCC(NC(=O)CNC(=O)C(CCCN)NC(=O)C(CCCN=C(N)N)NC(=O)C(CCCN)NC(=O)C(CCCN=C(N)N)NC(=O)C(CCCN=C(N)N)NC(=O)CCCCCNC(=O)C(CCCN=C(N)N)NC(=O)CCCCCNCC(N)=NC1=C(C=O)SC2CC=C(Br)C=C12)C(N)=O. The van der Waals surface area contributed by atoms with E-state index in [0.717, 1.165) is 29.2 Å². The summed E-state index contributed by atoms with van der Waals surface area (Å²) in [5, 5.41) is 27.5. The van der Waals surface area contributed by atoms with Gasteiger partial charge in [-0.15, -0.1) is 11.8 Å². The summed E-state index contributed by atoms with van der Waals surface area (Å²) < 4.78 is 0.927. The average Bonchev–Trinajstić information content (AvgIpc) is 1.65.